The Bertz CT molecular complexity index is 1290. The summed E-state index contributed by atoms with van der Waals surface area (Å²) in [6, 6.07) is 7.77. The first-order valence-corrected chi connectivity index (χ1v) is 13.6. The highest BCUT2D eigenvalue weighted by Crippen LogP contribution is 2.18. The Labute approximate surface area is 227 Å². The molecule has 0 unspecified atom stereocenters. The van der Waals surface area contributed by atoms with Gasteiger partial charge >= 0.3 is 11.7 Å². The molecule has 3 N–H and O–H groups in total. The number of nitrogen functional groups attached to an aromatic ring is 1. The minimum Gasteiger partial charge on any atom is -0.550 e. The van der Waals surface area contributed by atoms with E-state index in [4.69, 9.17) is 15.2 Å². The number of hydrogen-bond acceptors (Lipinski definition) is 10. The fourth-order valence-corrected chi connectivity index (χ4v) is 4.70. The number of aromatic amines is 1. The predicted molar refractivity (Wildman–Crippen MR) is 145 cm³/mol. The SMILES string of the molecule is CCCCOc1nc(N)c2[nH]c(=O)n(CCCN(CCN3CCOCC3)Cc3cccc(CC(=O)[O-])c3)c2n1. The Hall–Kier alpha value is -3.48. The van der Waals surface area contributed by atoms with Crippen LogP contribution in [0, 0.1) is 0 Å². The topological polar surface area (TPSA) is 155 Å². The van der Waals surface area contributed by atoms with E-state index in [1.54, 1.807) is 10.6 Å². The molecule has 0 saturated carbocycles. The van der Waals surface area contributed by atoms with Crippen LogP contribution in [0.15, 0.2) is 29.1 Å². The zero-order valence-electron chi connectivity index (χ0n) is 22.6. The van der Waals surface area contributed by atoms with E-state index in [0.29, 0.717) is 37.3 Å². The molecule has 12 nitrogen and oxygen atoms in total. The number of ether oxygens (including phenoxy) is 2. The number of carbonyl (C=O) groups excluding carboxylic acids is 1. The highest BCUT2D eigenvalue weighted by molar-refractivity contribution is 5.81. The molecule has 0 bridgehead atoms. The lowest BCUT2D eigenvalue weighted by Gasteiger charge is -2.30. The number of carboxylic acids is 1. The van der Waals surface area contributed by atoms with Gasteiger partial charge in [0, 0.05) is 58.2 Å². The maximum Gasteiger partial charge on any atom is 0.327 e. The number of morpholine rings is 1. The van der Waals surface area contributed by atoms with Crippen LogP contribution in [0.25, 0.3) is 11.2 Å². The van der Waals surface area contributed by atoms with E-state index >= 15 is 0 Å². The standard InChI is InChI=1S/C27H39N7O5/c1-2-3-14-39-26-30-24(28)23-25(31-26)34(27(37)29-23)9-5-8-33(11-10-32-12-15-38-16-13-32)19-21-7-4-6-20(17-21)18-22(35)36/h4,6-7,17H,2-3,5,8-16,18-19H2,1H3,(H,29,37)(H,35,36)(H2,28,30,31)/p-1. The zero-order chi connectivity index (χ0) is 27.6. The number of fused-ring (bicyclic) bond motifs is 1. The lowest BCUT2D eigenvalue weighted by Crippen LogP contribution is -2.41. The van der Waals surface area contributed by atoms with Crippen molar-refractivity contribution in [2.24, 2.45) is 0 Å². The van der Waals surface area contributed by atoms with Crippen LogP contribution in [0.4, 0.5) is 5.82 Å². The number of hydrogen-bond donors (Lipinski definition) is 2. The third-order valence-electron chi connectivity index (χ3n) is 6.80. The molecule has 39 heavy (non-hydrogen) atoms. The fourth-order valence-electron chi connectivity index (χ4n) is 4.70. The van der Waals surface area contributed by atoms with E-state index in [0.717, 1.165) is 69.9 Å². The molecule has 1 saturated heterocycles. The quantitative estimate of drug-likeness (QED) is 0.259. The molecule has 12 heteroatoms. The van der Waals surface area contributed by atoms with E-state index in [-0.39, 0.29) is 23.9 Å². The molecule has 1 aliphatic rings. The molecule has 0 atom stereocenters. The van der Waals surface area contributed by atoms with Gasteiger partial charge in [-0.15, -0.1) is 0 Å². The summed E-state index contributed by atoms with van der Waals surface area (Å²) in [5.74, 6) is -0.908. The number of benzene rings is 1. The molecule has 2 aromatic heterocycles. The minimum atomic E-state index is -1.09. The number of carboxylic acid groups (broad SMARTS) is 1. The molecular formula is C27H38N7O5-. The smallest absolute Gasteiger partial charge is 0.327 e. The average Bonchev–Trinajstić information content (AvgIpc) is 3.23. The number of unbranched alkanes of at least 4 members (excludes halogenated alkanes) is 1. The molecule has 0 radical (unpaired) electrons. The van der Waals surface area contributed by atoms with Crippen molar-refractivity contribution in [3.63, 3.8) is 0 Å². The van der Waals surface area contributed by atoms with E-state index in [1.807, 2.05) is 18.2 Å². The Morgan fingerprint density at radius 1 is 1.18 bits per heavy atom. The van der Waals surface area contributed by atoms with Crippen LogP contribution >= 0.6 is 0 Å². The van der Waals surface area contributed by atoms with Gasteiger partial charge in [-0.3, -0.25) is 14.4 Å². The highest BCUT2D eigenvalue weighted by Gasteiger charge is 2.16. The highest BCUT2D eigenvalue weighted by atomic mass is 16.5. The number of nitrogens with two attached hydrogens (primary N) is 1. The summed E-state index contributed by atoms with van der Waals surface area (Å²) in [5, 5.41) is 11.1. The fraction of sp³-hybridized carbons (Fsp3) is 0.556. The van der Waals surface area contributed by atoms with Crippen molar-refractivity contribution >= 4 is 23.0 Å². The maximum absolute atomic E-state index is 12.7. The first-order chi connectivity index (χ1) is 18.9. The number of H-pyrrole nitrogens is 1. The summed E-state index contributed by atoms with van der Waals surface area (Å²) in [4.78, 5) is 39.9. The molecule has 0 amide bonds. The molecule has 3 aromatic rings. The summed E-state index contributed by atoms with van der Waals surface area (Å²) in [6.45, 7) is 9.42. The van der Waals surface area contributed by atoms with Crippen molar-refractivity contribution < 1.29 is 19.4 Å². The largest absolute Gasteiger partial charge is 0.550 e. The van der Waals surface area contributed by atoms with Crippen molar-refractivity contribution in [1.82, 2.24) is 29.3 Å². The van der Waals surface area contributed by atoms with E-state index in [9.17, 15) is 14.7 Å². The van der Waals surface area contributed by atoms with Gasteiger partial charge in [0.1, 0.15) is 5.52 Å². The van der Waals surface area contributed by atoms with Crippen molar-refractivity contribution in [2.75, 3.05) is 58.3 Å². The van der Waals surface area contributed by atoms with Crippen molar-refractivity contribution in [1.29, 1.82) is 0 Å². The lowest BCUT2D eigenvalue weighted by molar-refractivity contribution is -0.304. The number of carbonyl (C=O) groups is 1. The molecule has 3 heterocycles. The molecule has 4 rings (SSSR count). The van der Waals surface area contributed by atoms with Crippen LogP contribution in [0.2, 0.25) is 0 Å². The first-order valence-electron chi connectivity index (χ1n) is 13.6. The van der Waals surface area contributed by atoms with Crippen LogP contribution < -0.4 is 21.3 Å². The minimum absolute atomic E-state index is 0.111. The second-order valence-corrected chi connectivity index (χ2v) is 9.83. The third-order valence-corrected chi connectivity index (χ3v) is 6.80. The number of aromatic nitrogens is 4. The number of aliphatic carboxylic acids is 1. The van der Waals surface area contributed by atoms with Gasteiger partial charge in [-0.1, -0.05) is 37.6 Å². The van der Waals surface area contributed by atoms with Gasteiger partial charge < -0.3 is 30.1 Å². The van der Waals surface area contributed by atoms with Gasteiger partial charge in [0.15, 0.2) is 11.5 Å². The molecule has 0 aliphatic carbocycles. The van der Waals surface area contributed by atoms with Crippen LogP contribution in [0.3, 0.4) is 0 Å². The normalized spacial score (nSPS) is 14.3. The number of anilines is 1. The van der Waals surface area contributed by atoms with Crippen LogP contribution in [0.1, 0.15) is 37.3 Å². The first kappa shape index (κ1) is 28.5. The van der Waals surface area contributed by atoms with E-state index in [2.05, 4.69) is 31.7 Å². The van der Waals surface area contributed by atoms with Gasteiger partial charge in [0.2, 0.25) is 0 Å². The predicted octanol–water partition coefficient (Wildman–Crippen LogP) is 0.398. The maximum atomic E-state index is 12.7. The number of rotatable bonds is 15. The molecule has 1 fully saturated rings. The van der Waals surface area contributed by atoms with Gasteiger partial charge in [-0.2, -0.15) is 9.97 Å². The van der Waals surface area contributed by atoms with Crippen molar-refractivity contribution in [3.05, 3.63) is 45.9 Å². The summed E-state index contributed by atoms with van der Waals surface area (Å²) in [5.41, 5.74) is 8.41. The summed E-state index contributed by atoms with van der Waals surface area (Å²) < 4.78 is 12.7. The van der Waals surface area contributed by atoms with E-state index in [1.165, 1.54) is 0 Å². The molecule has 1 aliphatic heterocycles. The lowest BCUT2D eigenvalue weighted by atomic mass is 10.1. The number of aryl methyl sites for hydroxylation is 1. The van der Waals surface area contributed by atoms with Crippen molar-refractivity contribution in [3.8, 4) is 6.01 Å². The average molecular weight is 541 g/mol. The van der Waals surface area contributed by atoms with Gasteiger partial charge in [0.25, 0.3) is 0 Å². The van der Waals surface area contributed by atoms with Crippen LogP contribution in [-0.4, -0.2) is 87.8 Å². The Morgan fingerprint density at radius 3 is 2.74 bits per heavy atom. The molecular weight excluding hydrogens is 502 g/mol. The van der Waals surface area contributed by atoms with E-state index < -0.39 is 5.97 Å². The number of nitrogens with zero attached hydrogens (tertiary/aromatic N) is 5. The monoisotopic (exact) mass is 540 g/mol. The zero-order valence-corrected chi connectivity index (χ0v) is 22.6. The number of imidazole rings is 1. The summed E-state index contributed by atoms with van der Waals surface area (Å²) >= 11 is 0. The van der Waals surface area contributed by atoms with Crippen molar-refractivity contribution in [2.45, 2.75) is 45.7 Å². The van der Waals surface area contributed by atoms with Gasteiger partial charge in [0.05, 0.1) is 19.8 Å². The Kier molecular flexibility index (Phi) is 10.3. The van der Waals surface area contributed by atoms with Crippen LogP contribution in [-0.2, 0) is 29.0 Å². The summed E-state index contributed by atoms with van der Waals surface area (Å²) in [7, 11) is 0. The second kappa shape index (κ2) is 14.1. The Morgan fingerprint density at radius 2 is 1.97 bits per heavy atom. The molecule has 1 aromatic carbocycles. The van der Waals surface area contributed by atoms with Gasteiger partial charge in [-0.05, 0) is 24.0 Å². The summed E-state index contributed by atoms with van der Waals surface area (Å²) in [6.07, 6.45) is 2.44. The molecule has 212 valence electrons. The molecule has 0 spiro atoms. The Balaban J connectivity index is 1.44. The second-order valence-electron chi connectivity index (χ2n) is 9.83. The van der Waals surface area contributed by atoms with Crippen LogP contribution in [0.5, 0.6) is 6.01 Å². The van der Waals surface area contributed by atoms with Gasteiger partial charge in [-0.25, -0.2) is 4.79 Å². The third kappa shape index (κ3) is 8.25. The number of nitrogens with one attached hydrogen (secondary N) is 1.